The summed E-state index contributed by atoms with van der Waals surface area (Å²) >= 11 is 3.46. The molecule has 0 saturated heterocycles. The van der Waals surface area contributed by atoms with Crippen molar-refractivity contribution in [2.75, 3.05) is 13.6 Å². The average molecular weight is 340 g/mol. The van der Waals surface area contributed by atoms with E-state index in [-0.39, 0.29) is 6.10 Å². The van der Waals surface area contributed by atoms with Gasteiger partial charge in [-0.15, -0.1) is 0 Å². The molecule has 1 fully saturated rings. The van der Waals surface area contributed by atoms with E-state index >= 15 is 0 Å². The van der Waals surface area contributed by atoms with Crippen molar-refractivity contribution < 1.29 is 5.11 Å². The predicted molar refractivity (Wildman–Crippen MR) is 87.8 cm³/mol. The number of benzene rings is 1. The zero-order valence-corrected chi connectivity index (χ0v) is 14.1. The maximum atomic E-state index is 10.3. The number of aliphatic hydroxyl groups is 1. The van der Waals surface area contributed by atoms with Crippen LogP contribution in [-0.4, -0.2) is 29.6 Å². The second-order valence-corrected chi connectivity index (χ2v) is 7.18. The third-order valence-electron chi connectivity index (χ3n) is 4.52. The van der Waals surface area contributed by atoms with Crippen LogP contribution in [0.2, 0.25) is 0 Å². The quantitative estimate of drug-likeness (QED) is 0.860. The van der Waals surface area contributed by atoms with Crippen LogP contribution < -0.4 is 0 Å². The van der Waals surface area contributed by atoms with Crippen LogP contribution in [0.4, 0.5) is 0 Å². The van der Waals surface area contributed by atoms with E-state index in [1.807, 2.05) is 24.3 Å². The molecule has 1 saturated carbocycles. The summed E-state index contributed by atoms with van der Waals surface area (Å²) < 4.78 is 1.03. The van der Waals surface area contributed by atoms with Crippen LogP contribution in [0.15, 0.2) is 28.7 Å². The molecule has 3 atom stereocenters. The molecule has 1 aliphatic carbocycles. The highest BCUT2D eigenvalue weighted by Crippen LogP contribution is 2.27. The third-order valence-corrected chi connectivity index (χ3v) is 5.01. The standard InChI is InChI=1S/C17H26BrNO/c1-13-5-3-8-16(11-13)19(2)10-9-17(20)14-6-4-7-15(18)12-14/h4,6-7,12-13,16-17,20H,3,5,8-11H2,1-2H3. The Kier molecular flexibility index (Phi) is 6.06. The first-order valence-corrected chi connectivity index (χ1v) is 8.49. The predicted octanol–water partition coefficient (Wildman–Crippen LogP) is 4.38. The minimum atomic E-state index is -0.365. The molecule has 0 aliphatic heterocycles. The first-order chi connectivity index (χ1) is 9.56. The summed E-state index contributed by atoms with van der Waals surface area (Å²) in [6.07, 6.45) is 5.79. The van der Waals surface area contributed by atoms with E-state index < -0.39 is 0 Å². The van der Waals surface area contributed by atoms with Crippen molar-refractivity contribution in [2.45, 2.75) is 51.2 Å². The summed E-state index contributed by atoms with van der Waals surface area (Å²) in [5.41, 5.74) is 1.00. The maximum Gasteiger partial charge on any atom is 0.0802 e. The molecule has 1 aromatic carbocycles. The van der Waals surface area contributed by atoms with Gasteiger partial charge in [0.25, 0.3) is 0 Å². The molecule has 1 N–H and O–H groups in total. The molecule has 112 valence electrons. The van der Waals surface area contributed by atoms with Gasteiger partial charge in [-0.1, -0.05) is 47.8 Å². The minimum Gasteiger partial charge on any atom is -0.388 e. The molecule has 1 aromatic rings. The normalized spacial score (nSPS) is 24.9. The van der Waals surface area contributed by atoms with Crippen molar-refractivity contribution in [3.05, 3.63) is 34.3 Å². The van der Waals surface area contributed by atoms with Crippen LogP contribution in [0.3, 0.4) is 0 Å². The number of hydrogen-bond donors (Lipinski definition) is 1. The van der Waals surface area contributed by atoms with E-state index in [9.17, 15) is 5.11 Å². The van der Waals surface area contributed by atoms with Crippen molar-refractivity contribution in [2.24, 2.45) is 5.92 Å². The largest absolute Gasteiger partial charge is 0.388 e. The highest BCUT2D eigenvalue weighted by molar-refractivity contribution is 9.10. The van der Waals surface area contributed by atoms with Gasteiger partial charge in [0, 0.05) is 17.1 Å². The van der Waals surface area contributed by atoms with Gasteiger partial charge in [0.2, 0.25) is 0 Å². The summed E-state index contributed by atoms with van der Waals surface area (Å²) in [5, 5.41) is 10.3. The molecule has 3 unspecified atom stereocenters. The first-order valence-electron chi connectivity index (χ1n) is 7.70. The molecule has 0 aromatic heterocycles. The van der Waals surface area contributed by atoms with Crippen LogP contribution in [0.1, 0.15) is 50.7 Å². The highest BCUT2D eigenvalue weighted by Gasteiger charge is 2.22. The zero-order chi connectivity index (χ0) is 14.5. The van der Waals surface area contributed by atoms with Gasteiger partial charge in [0.15, 0.2) is 0 Å². The van der Waals surface area contributed by atoms with E-state index in [0.717, 1.165) is 28.9 Å². The van der Waals surface area contributed by atoms with Gasteiger partial charge in [0.1, 0.15) is 0 Å². The Morgan fingerprint density at radius 1 is 1.40 bits per heavy atom. The topological polar surface area (TPSA) is 23.5 Å². The van der Waals surface area contributed by atoms with Gasteiger partial charge in [0.05, 0.1) is 6.10 Å². The van der Waals surface area contributed by atoms with Crippen LogP contribution in [0, 0.1) is 5.92 Å². The molecule has 0 radical (unpaired) electrons. The summed E-state index contributed by atoms with van der Waals surface area (Å²) in [4.78, 5) is 2.44. The fourth-order valence-electron chi connectivity index (χ4n) is 3.19. The third kappa shape index (κ3) is 4.57. The Labute approximate surface area is 131 Å². The summed E-state index contributed by atoms with van der Waals surface area (Å²) in [7, 11) is 2.20. The molecule has 3 heteroatoms. The minimum absolute atomic E-state index is 0.365. The van der Waals surface area contributed by atoms with E-state index in [2.05, 4.69) is 34.8 Å². The van der Waals surface area contributed by atoms with Gasteiger partial charge in [-0.05, 0) is 49.9 Å². The Hall–Kier alpha value is -0.380. The van der Waals surface area contributed by atoms with Crippen LogP contribution in [-0.2, 0) is 0 Å². The fraction of sp³-hybridized carbons (Fsp3) is 0.647. The molecular weight excluding hydrogens is 314 g/mol. The number of aliphatic hydroxyl groups excluding tert-OH is 1. The first kappa shape index (κ1) is 16.0. The Balaban J connectivity index is 1.82. The molecular formula is C17H26BrNO. The molecule has 0 bridgehead atoms. The SMILES string of the molecule is CC1CCCC(N(C)CCC(O)c2cccc(Br)c2)C1. The molecule has 0 heterocycles. The lowest BCUT2D eigenvalue weighted by molar-refractivity contribution is 0.116. The van der Waals surface area contributed by atoms with Gasteiger partial charge < -0.3 is 10.0 Å². The van der Waals surface area contributed by atoms with E-state index in [1.54, 1.807) is 0 Å². The lowest BCUT2D eigenvalue weighted by Crippen LogP contribution is -2.36. The van der Waals surface area contributed by atoms with Gasteiger partial charge in [-0.2, -0.15) is 0 Å². The molecule has 2 rings (SSSR count). The van der Waals surface area contributed by atoms with Gasteiger partial charge in [-0.3, -0.25) is 0 Å². The molecule has 20 heavy (non-hydrogen) atoms. The van der Waals surface area contributed by atoms with E-state index in [0.29, 0.717) is 6.04 Å². The fourth-order valence-corrected chi connectivity index (χ4v) is 3.61. The Morgan fingerprint density at radius 3 is 2.90 bits per heavy atom. The number of hydrogen-bond acceptors (Lipinski definition) is 2. The average Bonchev–Trinajstić information content (AvgIpc) is 2.44. The van der Waals surface area contributed by atoms with E-state index in [4.69, 9.17) is 0 Å². The van der Waals surface area contributed by atoms with Crippen LogP contribution in [0.5, 0.6) is 0 Å². The van der Waals surface area contributed by atoms with Crippen molar-refractivity contribution in [3.63, 3.8) is 0 Å². The van der Waals surface area contributed by atoms with Crippen molar-refractivity contribution in [3.8, 4) is 0 Å². The molecule has 1 aliphatic rings. The Bertz CT molecular complexity index is 423. The number of rotatable bonds is 5. The summed E-state index contributed by atoms with van der Waals surface area (Å²) in [5.74, 6) is 0.853. The van der Waals surface area contributed by atoms with E-state index in [1.165, 1.54) is 25.7 Å². The zero-order valence-electron chi connectivity index (χ0n) is 12.6. The lowest BCUT2D eigenvalue weighted by atomic mass is 9.86. The molecule has 0 spiro atoms. The lowest BCUT2D eigenvalue weighted by Gasteiger charge is -2.34. The van der Waals surface area contributed by atoms with Crippen LogP contribution in [0.25, 0.3) is 0 Å². The smallest absolute Gasteiger partial charge is 0.0802 e. The second-order valence-electron chi connectivity index (χ2n) is 6.27. The van der Waals surface area contributed by atoms with Gasteiger partial charge in [-0.25, -0.2) is 0 Å². The number of halogens is 1. The monoisotopic (exact) mass is 339 g/mol. The van der Waals surface area contributed by atoms with Crippen LogP contribution >= 0.6 is 15.9 Å². The number of nitrogens with zero attached hydrogens (tertiary/aromatic N) is 1. The second kappa shape index (κ2) is 7.58. The molecule has 0 amide bonds. The Morgan fingerprint density at radius 2 is 2.20 bits per heavy atom. The highest BCUT2D eigenvalue weighted by atomic mass is 79.9. The summed E-state index contributed by atoms with van der Waals surface area (Å²) in [6, 6.07) is 8.68. The molecule has 2 nitrogen and oxygen atoms in total. The van der Waals surface area contributed by atoms with Crippen molar-refractivity contribution in [1.29, 1.82) is 0 Å². The van der Waals surface area contributed by atoms with Crippen molar-refractivity contribution in [1.82, 2.24) is 4.90 Å². The van der Waals surface area contributed by atoms with Gasteiger partial charge >= 0.3 is 0 Å². The van der Waals surface area contributed by atoms with Crippen molar-refractivity contribution >= 4 is 15.9 Å². The summed E-state index contributed by atoms with van der Waals surface area (Å²) in [6.45, 7) is 3.32. The maximum absolute atomic E-state index is 10.3.